The minimum atomic E-state index is -4.58. The van der Waals surface area contributed by atoms with Crippen LogP contribution in [0.15, 0.2) is 48.7 Å². The van der Waals surface area contributed by atoms with E-state index in [1.165, 1.54) is 0 Å². The number of benzene rings is 2. The largest absolute Gasteiger partial charge is 0.485 e. The van der Waals surface area contributed by atoms with E-state index in [1.54, 1.807) is 18.2 Å². The quantitative estimate of drug-likeness (QED) is 0.212. The van der Waals surface area contributed by atoms with Crippen LogP contribution in [0.2, 0.25) is 15.1 Å². The lowest BCUT2D eigenvalue weighted by Crippen LogP contribution is -2.47. The average molecular weight is 753 g/mol. The number of amides is 2. The van der Waals surface area contributed by atoms with Crippen molar-refractivity contribution in [2.24, 2.45) is 5.92 Å². The van der Waals surface area contributed by atoms with E-state index in [0.29, 0.717) is 45.0 Å². The van der Waals surface area contributed by atoms with Crippen molar-refractivity contribution < 1.29 is 27.5 Å². The summed E-state index contributed by atoms with van der Waals surface area (Å²) in [6.07, 6.45) is -0.975. The number of anilines is 1. The molecular weight excluding hydrogens is 714 g/mol. The summed E-state index contributed by atoms with van der Waals surface area (Å²) >= 11 is 19.4. The third kappa shape index (κ3) is 9.15. The molecule has 2 saturated heterocycles. The van der Waals surface area contributed by atoms with E-state index in [9.17, 15) is 22.8 Å². The van der Waals surface area contributed by atoms with Crippen LogP contribution >= 0.6 is 34.8 Å². The predicted octanol–water partition coefficient (Wildman–Crippen LogP) is 7.46. The summed E-state index contributed by atoms with van der Waals surface area (Å²) in [5.74, 6) is -0.0797. The number of hydrogen-bond donors (Lipinski definition) is 2. The van der Waals surface area contributed by atoms with E-state index in [0.717, 1.165) is 55.7 Å². The third-order valence-electron chi connectivity index (χ3n) is 9.47. The molecule has 1 saturated carbocycles. The highest BCUT2D eigenvalue weighted by atomic mass is 35.5. The highest BCUT2D eigenvalue weighted by Gasteiger charge is 2.40. The maximum atomic E-state index is 14.3. The molecule has 3 atom stereocenters. The SMILES string of the molecule is Cc1cc(Cl)c(O[C@@H]2CCN(c3ccc(C4CCNCC4C(=O)N(Cc4cc(CNC(=O)CC(F)(F)F)ccc4Cl)C4CC4)cn3)C2)c(Cl)c1. The predicted molar refractivity (Wildman–Crippen MR) is 188 cm³/mol. The maximum Gasteiger partial charge on any atom is 0.397 e. The molecule has 2 aromatic carbocycles. The summed E-state index contributed by atoms with van der Waals surface area (Å²) in [6, 6.07) is 12.9. The number of pyridine rings is 1. The zero-order chi connectivity index (χ0) is 35.6. The Morgan fingerprint density at radius 1 is 1.04 bits per heavy atom. The van der Waals surface area contributed by atoms with Gasteiger partial charge in [-0.3, -0.25) is 9.59 Å². The molecule has 1 aromatic heterocycles. The minimum Gasteiger partial charge on any atom is -0.485 e. The highest BCUT2D eigenvalue weighted by molar-refractivity contribution is 6.37. The number of ether oxygens (including phenoxy) is 1. The first-order valence-electron chi connectivity index (χ1n) is 16.8. The maximum absolute atomic E-state index is 14.3. The molecule has 268 valence electrons. The molecule has 3 aromatic rings. The van der Waals surface area contributed by atoms with Gasteiger partial charge >= 0.3 is 6.18 Å². The minimum absolute atomic E-state index is 0.0293. The van der Waals surface area contributed by atoms with E-state index in [2.05, 4.69) is 21.6 Å². The van der Waals surface area contributed by atoms with Crippen molar-refractivity contribution in [3.63, 3.8) is 0 Å². The van der Waals surface area contributed by atoms with Gasteiger partial charge in [0, 0.05) is 49.9 Å². The lowest BCUT2D eigenvalue weighted by atomic mass is 9.80. The Hall–Kier alpha value is -3.25. The summed E-state index contributed by atoms with van der Waals surface area (Å²) in [5, 5.41) is 7.14. The molecule has 2 N–H and O–H groups in total. The van der Waals surface area contributed by atoms with Crippen molar-refractivity contribution in [2.45, 2.75) is 76.4 Å². The van der Waals surface area contributed by atoms with E-state index < -0.39 is 18.5 Å². The van der Waals surface area contributed by atoms with Crippen molar-refractivity contribution in [3.05, 3.63) is 86.0 Å². The first kappa shape index (κ1) is 36.5. The van der Waals surface area contributed by atoms with Gasteiger partial charge < -0.3 is 25.2 Å². The number of halogens is 6. The van der Waals surface area contributed by atoms with Crippen molar-refractivity contribution in [3.8, 4) is 5.75 Å². The molecule has 2 unspecified atom stereocenters. The second-order valence-corrected chi connectivity index (χ2v) is 14.6. The smallest absolute Gasteiger partial charge is 0.397 e. The summed E-state index contributed by atoms with van der Waals surface area (Å²) in [5.41, 5.74) is 3.25. The molecule has 0 bridgehead atoms. The van der Waals surface area contributed by atoms with E-state index in [4.69, 9.17) is 44.5 Å². The fraction of sp³-hybridized carbons (Fsp3) is 0.472. The topological polar surface area (TPSA) is 86.8 Å². The van der Waals surface area contributed by atoms with E-state index in [-0.39, 0.29) is 43.0 Å². The molecule has 2 amide bonds. The van der Waals surface area contributed by atoms with Crippen LogP contribution in [0.25, 0.3) is 0 Å². The number of aromatic nitrogens is 1. The Balaban J connectivity index is 1.11. The van der Waals surface area contributed by atoms with Crippen molar-refractivity contribution in [1.29, 1.82) is 0 Å². The van der Waals surface area contributed by atoms with Crippen LogP contribution in [0.1, 0.15) is 60.3 Å². The highest BCUT2D eigenvalue weighted by Crippen LogP contribution is 2.38. The van der Waals surface area contributed by atoms with E-state index >= 15 is 0 Å². The van der Waals surface area contributed by atoms with Crippen molar-refractivity contribution in [2.75, 3.05) is 31.1 Å². The summed E-state index contributed by atoms with van der Waals surface area (Å²) < 4.78 is 44.0. The molecule has 3 heterocycles. The summed E-state index contributed by atoms with van der Waals surface area (Å²) in [7, 11) is 0. The van der Waals surface area contributed by atoms with Gasteiger partial charge in [-0.05, 0) is 85.2 Å². The molecule has 8 nitrogen and oxygen atoms in total. The van der Waals surface area contributed by atoms with Gasteiger partial charge in [0.05, 0.1) is 22.5 Å². The molecule has 2 aliphatic heterocycles. The first-order chi connectivity index (χ1) is 23.8. The van der Waals surface area contributed by atoms with Gasteiger partial charge in [-0.25, -0.2) is 4.98 Å². The zero-order valence-corrected chi connectivity index (χ0v) is 29.8. The lowest BCUT2D eigenvalue weighted by Gasteiger charge is -2.36. The normalized spacial score (nSPS) is 20.9. The Bertz CT molecular complexity index is 1680. The van der Waals surface area contributed by atoms with Crippen LogP contribution < -0.4 is 20.3 Å². The van der Waals surface area contributed by atoms with Crippen LogP contribution in [0.4, 0.5) is 19.0 Å². The number of piperidine rings is 1. The number of nitrogens with zero attached hydrogens (tertiary/aromatic N) is 3. The van der Waals surface area contributed by atoms with Crippen LogP contribution in [0.3, 0.4) is 0 Å². The van der Waals surface area contributed by atoms with Gasteiger partial charge in [0.15, 0.2) is 5.75 Å². The molecule has 50 heavy (non-hydrogen) atoms. The van der Waals surface area contributed by atoms with Gasteiger partial charge in [0.2, 0.25) is 11.8 Å². The van der Waals surface area contributed by atoms with Crippen molar-refractivity contribution in [1.82, 2.24) is 20.5 Å². The number of aryl methyl sites for hydroxylation is 1. The van der Waals surface area contributed by atoms with Gasteiger partial charge in [-0.2, -0.15) is 13.2 Å². The number of carbonyl (C=O) groups is 2. The Morgan fingerprint density at radius 3 is 2.48 bits per heavy atom. The standard InChI is InChI=1S/C36H39Cl3F3N5O3/c1-21-12-30(38)34(31(39)13-21)50-26-9-11-46(20-26)32-7-3-23(17-44-32)27-8-10-43-18-28(27)35(49)47(25-4-5-25)19-24-14-22(2-6-29(24)37)16-45-33(48)15-36(40,41)42/h2-3,6-7,12-14,17,25-28,43H,4-5,8-11,15-16,18-20H2,1H3,(H,45,48)/t26-,27?,28?/m1/s1. The summed E-state index contributed by atoms with van der Waals surface area (Å²) in [6.45, 7) is 4.84. The second kappa shape index (κ2) is 15.6. The second-order valence-electron chi connectivity index (χ2n) is 13.4. The third-order valence-corrected chi connectivity index (χ3v) is 10.4. The monoisotopic (exact) mass is 751 g/mol. The Kier molecular flexibility index (Phi) is 11.4. The van der Waals surface area contributed by atoms with Crippen LogP contribution in [-0.4, -0.2) is 66.2 Å². The average Bonchev–Trinajstić information content (AvgIpc) is 3.81. The van der Waals surface area contributed by atoms with Gasteiger partial charge in [-0.15, -0.1) is 0 Å². The molecule has 1 aliphatic carbocycles. The number of rotatable bonds is 11. The van der Waals surface area contributed by atoms with Crippen molar-refractivity contribution >= 4 is 52.4 Å². The molecular formula is C36H39Cl3F3N5O3. The molecule has 3 fully saturated rings. The lowest BCUT2D eigenvalue weighted by molar-refractivity contribution is -0.153. The summed E-state index contributed by atoms with van der Waals surface area (Å²) in [4.78, 5) is 34.9. The number of hydrogen-bond acceptors (Lipinski definition) is 6. The number of nitrogens with one attached hydrogen (secondary N) is 2. The molecule has 3 aliphatic rings. The number of carbonyl (C=O) groups excluding carboxylic acids is 2. The van der Waals surface area contributed by atoms with Gasteiger partial charge in [0.1, 0.15) is 18.3 Å². The van der Waals surface area contributed by atoms with Gasteiger partial charge in [0.25, 0.3) is 0 Å². The number of alkyl halides is 3. The van der Waals surface area contributed by atoms with Crippen LogP contribution in [-0.2, 0) is 22.7 Å². The zero-order valence-electron chi connectivity index (χ0n) is 27.5. The van der Waals surface area contributed by atoms with E-state index in [1.807, 2.05) is 36.2 Å². The molecule has 0 radical (unpaired) electrons. The molecule has 6 rings (SSSR count). The fourth-order valence-electron chi connectivity index (χ4n) is 6.79. The van der Waals surface area contributed by atoms with Crippen LogP contribution in [0.5, 0.6) is 5.75 Å². The Labute approximate surface area is 304 Å². The fourth-order valence-corrected chi connectivity index (χ4v) is 7.66. The Morgan fingerprint density at radius 2 is 1.80 bits per heavy atom. The van der Waals surface area contributed by atoms with Gasteiger partial charge in [-0.1, -0.05) is 53.0 Å². The van der Waals surface area contributed by atoms with Crippen LogP contribution in [0, 0.1) is 12.8 Å². The first-order valence-corrected chi connectivity index (χ1v) is 17.9. The molecule has 0 spiro atoms. The molecule has 14 heteroatoms.